The van der Waals surface area contributed by atoms with Gasteiger partial charge in [0.15, 0.2) is 17.3 Å². The van der Waals surface area contributed by atoms with Crippen molar-refractivity contribution >= 4 is 16.9 Å². The first-order valence-corrected chi connectivity index (χ1v) is 10.7. The van der Waals surface area contributed by atoms with Gasteiger partial charge in [0.05, 0.1) is 32.3 Å². The predicted octanol–water partition coefficient (Wildman–Crippen LogP) is 5.27. The summed E-state index contributed by atoms with van der Waals surface area (Å²) in [7, 11) is 4.36. The Morgan fingerprint density at radius 1 is 0.853 bits per heavy atom. The largest absolute Gasteiger partial charge is 0.493 e. The molecule has 174 valence electrons. The van der Waals surface area contributed by atoms with Crippen LogP contribution in [0.4, 0.5) is 0 Å². The van der Waals surface area contributed by atoms with Crippen LogP contribution in [0.1, 0.15) is 22.8 Å². The number of benzene rings is 3. The van der Waals surface area contributed by atoms with Gasteiger partial charge in [0.2, 0.25) is 16.9 Å². The quantitative estimate of drug-likeness (QED) is 0.348. The normalized spacial score (nSPS) is 10.7. The van der Waals surface area contributed by atoms with Crippen LogP contribution in [0.2, 0.25) is 0 Å². The van der Waals surface area contributed by atoms with E-state index in [9.17, 15) is 9.59 Å². The maximum Gasteiger partial charge on any atom is 0.344 e. The van der Waals surface area contributed by atoms with Crippen molar-refractivity contribution < 1.29 is 28.2 Å². The van der Waals surface area contributed by atoms with Gasteiger partial charge in [0, 0.05) is 5.56 Å². The second kappa shape index (κ2) is 9.70. The number of esters is 1. The van der Waals surface area contributed by atoms with Crippen LogP contribution in [-0.2, 0) is 6.42 Å². The fourth-order valence-corrected chi connectivity index (χ4v) is 3.67. The summed E-state index contributed by atoms with van der Waals surface area (Å²) in [4.78, 5) is 26.7. The van der Waals surface area contributed by atoms with E-state index in [4.69, 9.17) is 23.4 Å². The van der Waals surface area contributed by atoms with Gasteiger partial charge in [0.25, 0.3) is 0 Å². The van der Waals surface area contributed by atoms with Crippen LogP contribution in [0.3, 0.4) is 0 Å². The SMILES string of the molecule is CCc1ccc2oc(-c3ccccc3)c(OC(=O)c3cc(OC)c(OC)c(OC)c3)c(=O)c2c1. The molecule has 7 heteroatoms. The minimum Gasteiger partial charge on any atom is -0.493 e. The number of carbonyl (C=O) groups is 1. The highest BCUT2D eigenvalue weighted by Crippen LogP contribution is 2.39. The Kier molecular flexibility index (Phi) is 6.54. The molecule has 0 aliphatic carbocycles. The Bertz CT molecular complexity index is 1380. The third-order valence-corrected chi connectivity index (χ3v) is 5.45. The van der Waals surface area contributed by atoms with Crippen molar-refractivity contribution in [2.24, 2.45) is 0 Å². The first-order valence-electron chi connectivity index (χ1n) is 10.7. The molecule has 1 heterocycles. The van der Waals surface area contributed by atoms with Gasteiger partial charge < -0.3 is 23.4 Å². The van der Waals surface area contributed by atoms with Crippen molar-refractivity contribution in [3.63, 3.8) is 0 Å². The van der Waals surface area contributed by atoms with Gasteiger partial charge in [-0.2, -0.15) is 0 Å². The molecule has 4 aromatic rings. The standard InChI is InChI=1S/C27H24O7/c1-5-16-11-12-20-19(13-16)23(28)26(24(33-20)17-9-7-6-8-10-17)34-27(29)18-14-21(30-2)25(32-4)22(15-18)31-3/h6-15H,5H2,1-4H3. The number of fused-ring (bicyclic) bond motifs is 1. The zero-order valence-corrected chi connectivity index (χ0v) is 19.3. The van der Waals surface area contributed by atoms with Gasteiger partial charge in [-0.1, -0.05) is 43.3 Å². The molecular formula is C27H24O7. The van der Waals surface area contributed by atoms with E-state index in [1.807, 2.05) is 31.2 Å². The highest BCUT2D eigenvalue weighted by molar-refractivity contribution is 5.94. The van der Waals surface area contributed by atoms with Crippen LogP contribution in [0, 0.1) is 0 Å². The van der Waals surface area contributed by atoms with Gasteiger partial charge in [-0.15, -0.1) is 0 Å². The molecule has 0 bridgehead atoms. The fourth-order valence-electron chi connectivity index (χ4n) is 3.67. The lowest BCUT2D eigenvalue weighted by Gasteiger charge is -2.14. The Labute approximate surface area is 196 Å². The monoisotopic (exact) mass is 460 g/mol. The lowest BCUT2D eigenvalue weighted by molar-refractivity contribution is 0.0730. The summed E-state index contributed by atoms with van der Waals surface area (Å²) in [5, 5.41) is 0.340. The molecule has 0 aliphatic rings. The summed E-state index contributed by atoms with van der Waals surface area (Å²) in [6.07, 6.45) is 0.746. The van der Waals surface area contributed by atoms with Gasteiger partial charge in [0.1, 0.15) is 5.58 Å². The molecule has 0 amide bonds. The van der Waals surface area contributed by atoms with E-state index in [1.54, 1.807) is 24.3 Å². The molecule has 34 heavy (non-hydrogen) atoms. The van der Waals surface area contributed by atoms with Crippen LogP contribution in [0.15, 0.2) is 69.9 Å². The second-order valence-corrected chi connectivity index (χ2v) is 7.44. The Morgan fingerprint density at radius 3 is 2.12 bits per heavy atom. The third kappa shape index (κ3) is 4.20. The van der Waals surface area contributed by atoms with E-state index in [0.29, 0.717) is 22.3 Å². The molecule has 0 saturated carbocycles. The van der Waals surface area contributed by atoms with Crippen molar-refractivity contribution in [2.45, 2.75) is 13.3 Å². The number of hydrogen-bond acceptors (Lipinski definition) is 7. The van der Waals surface area contributed by atoms with Gasteiger partial charge in [-0.25, -0.2) is 4.79 Å². The van der Waals surface area contributed by atoms with Gasteiger partial charge >= 0.3 is 5.97 Å². The molecule has 0 spiro atoms. The van der Waals surface area contributed by atoms with E-state index in [2.05, 4.69) is 0 Å². The molecule has 0 fully saturated rings. The predicted molar refractivity (Wildman–Crippen MR) is 128 cm³/mol. The van der Waals surface area contributed by atoms with Crippen LogP contribution in [0.25, 0.3) is 22.3 Å². The van der Waals surface area contributed by atoms with Crippen molar-refractivity contribution in [3.05, 3.63) is 82.0 Å². The first kappa shape index (κ1) is 22.9. The van der Waals surface area contributed by atoms with E-state index in [0.717, 1.165) is 12.0 Å². The number of carbonyl (C=O) groups excluding carboxylic acids is 1. The number of methoxy groups -OCH3 is 3. The number of hydrogen-bond donors (Lipinski definition) is 0. The average molecular weight is 460 g/mol. The first-order chi connectivity index (χ1) is 16.5. The Morgan fingerprint density at radius 2 is 1.53 bits per heavy atom. The molecule has 0 N–H and O–H groups in total. The third-order valence-electron chi connectivity index (χ3n) is 5.45. The molecule has 0 radical (unpaired) electrons. The lowest BCUT2D eigenvalue weighted by atomic mass is 10.1. The highest BCUT2D eigenvalue weighted by Gasteiger charge is 2.24. The summed E-state index contributed by atoms with van der Waals surface area (Å²) >= 11 is 0. The summed E-state index contributed by atoms with van der Waals surface area (Å²) in [6.45, 7) is 1.99. The Hall–Kier alpha value is -4.26. The summed E-state index contributed by atoms with van der Waals surface area (Å²) in [6, 6.07) is 17.4. The van der Waals surface area contributed by atoms with Gasteiger partial charge in [-0.3, -0.25) is 4.79 Å². The second-order valence-electron chi connectivity index (χ2n) is 7.44. The zero-order valence-electron chi connectivity index (χ0n) is 19.3. The Balaban J connectivity index is 1.87. The molecular weight excluding hydrogens is 436 g/mol. The molecule has 3 aromatic carbocycles. The van der Waals surface area contributed by atoms with Crippen LogP contribution in [-0.4, -0.2) is 27.3 Å². The molecule has 0 atom stereocenters. The van der Waals surface area contributed by atoms with Gasteiger partial charge in [-0.05, 0) is 36.2 Å². The lowest BCUT2D eigenvalue weighted by Crippen LogP contribution is -2.17. The van der Waals surface area contributed by atoms with Crippen molar-refractivity contribution in [3.8, 4) is 34.3 Å². The minimum absolute atomic E-state index is 0.121. The number of rotatable bonds is 7. The molecule has 1 aromatic heterocycles. The van der Waals surface area contributed by atoms with E-state index >= 15 is 0 Å². The molecule has 7 nitrogen and oxygen atoms in total. The van der Waals surface area contributed by atoms with Crippen LogP contribution >= 0.6 is 0 Å². The van der Waals surface area contributed by atoms with Crippen molar-refractivity contribution in [1.29, 1.82) is 0 Å². The fraction of sp³-hybridized carbons (Fsp3) is 0.185. The number of ether oxygens (including phenoxy) is 4. The highest BCUT2D eigenvalue weighted by atomic mass is 16.5. The zero-order chi connectivity index (χ0) is 24.2. The van der Waals surface area contributed by atoms with E-state index < -0.39 is 11.4 Å². The van der Waals surface area contributed by atoms with E-state index in [-0.39, 0.29) is 28.6 Å². The maximum atomic E-state index is 13.5. The molecule has 4 rings (SSSR count). The summed E-state index contributed by atoms with van der Waals surface area (Å²) in [5.74, 6) is 0.123. The summed E-state index contributed by atoms with van der Waals surface area (Å²) in [5.41, 5.74) is 1.67. The van der Waals surface area contributed by atoms with E-state index in [1.165, 1.54) is 33.5 Å². The smallest absolute Gasteiger partial charge is 0.344 e. The van der Waals surface area contributed by atoms with Crippen molar-refractivity contribution in [2.75, 3.05) is 21.3 Å². The number of aryl methyl sites for hydroxylation is 1. The topological polar surface area (TPSA) is 84.2 Å². The molecule has 0 saturated heterocycles. The van der Waals surface area contributed by atoms with Crippen LogP contribution in [0.5, 0.6) is 23.0 Å². The average Bonchev–Trinajstić information content (AvgIpc) is 2.89. The minimum atomic E-state index is -0.769. The molecule has 0 aliphatic heterocycles. The molecule has 0 unspecified atom stereocenters. The van der Waals surface area contributed by atoms with Crippen LogP contribution < -0.4 is 24.4 Å². The summed E-state index contributed by atoms with van der Waals surface area (Å²) < 4.78 is 27.7. The maximum absolute atomic E-state index is 13.5. The van der Waals surface area contributed by atoms with Crippen molar-refractivity contribution in [1.82, 2.24) is 0 Å².